The predicted molar refractivity (Wildman–Crippen MR) is 37.8 cm³/mol. The molecule has 1 heteroatoms. The molecule has 0 saturated heterocycles. The minimum atomic E-state index is 0.740. The van der Waals surface area contributed by atoms with Crippen LogP contribution in [0, 0.1) is 6.42 Å². The van der Waals surface area contributed by atoms with Gasteiger partial charge in [-0.2, -0.15) is 0 Å². The second-order valence-electron chi connectivity index (χ2n) is 1.99. The Hall–Kier alpha value is -0.720. The molecule has 0 aromatic carbocycles. The number of ether oxygens (including phenoxy) is 1. The first-order valence-corrected chi connectivity index (χ1v) is 3.24. The zero-order valence-corrected chi connectivity index (χ0v) is 5.63. The monoisotopic (exact) mass is 123 g/mol. The molecular formula is C8H11O. The molecule has 0 spiro atoms. The molecule has 0 atom stereocenters. The minimum Gasteiger partial charge on any atom is -0.497 e. The third-order valence-electron chi connectivity index (χ3n) is 1.20. The molecule has 0 bridgehead atoms. The van der Waals surface area contributed by atoms with Gasteiger partial charge in [-0.1, -0.05) is 13.0 Å². The Morgan fingerprint density at radius 1 is 1.78 bits per heavy atom. The molecule has 49 valence electrons. The van der Waals surface area contributed by atoms with Crippen molar-refractivity contribution in [3.05, 3.63) is 30.4 Å². The van der Waals surface area contributed by atoms with Crippen LogP contribution in [0.4, 0.5) is 0 Å². The van der Waals surface area contributed by atoms with Crippen LogP contribution >= 0.6 is 0 Å². The Kier molecular flexibility index (Phi) is 2.37. The van der Waals surface area contributed by atoms with Crippen molar-refractivity contribution < 1.29 is 4.74 Å². The topological polar surface area (TPSA) is 9.23 Å². The van der Waals surface area contributed by atoms with E-state index in [1.807, 2.05) is 6.08 Å². The van der Waals surface area contributed by atoms with E-state index in [1.54, 1.807) is 6.26 Å². The van der Waals surface area contributed by atoms with Crippen LogP contribution in [0.25, 0.3) is 0 Å². The predicted octanol–water partition coefficient (Wildman–Crippen LogP) is 2.07. The summed E-state index contributed by atoms with van der Waals surface area (Å²) in [5, 5.41) is 0. The smallest absolute Gasteiger partial charge is 0.109 e. The van der Waals surface area contributed by atoms with Crippen LogP contribution in [0.15, 0.2) is 24.0 Å². The summed E-state index contributed by atoms with van der Waals surface area (Å²) in [5.74, 6) is 0. The van der Waals surface area contributed by atoms with Crippen molar-refractivity contribution in [3.63, 3.8) is 0 Å². The number of rotatable bonds is 2. The van der Waals surface area contributed by atoms with Crippen LogP contribution in [0.5, 0.6) is 0 Å². The summed E-state index contributed by atoms with van der Waals surface area (Å²) in [6.45, 7) is 2.86. The molecule has 1 rings (SSSR count). The summed E-state index contributed by atoms with van der Waals surface area (Å²) in [4.78, 5) is 0. The largest absolute Gasteiger partial charge is 0.497 e. The van der Waals surface area contributed by atoms with Gasteiger partial charge < -0.3 is 4.74 Å². The van der Waals surface area contributed by atoms with E-state index < -0.39 is 0 Å². The second-order valence-corrected chi connectivity index (χ2v) is 1.99. The molecule has 1 aliphatic heterocycles. The van der Waals surface area contributed by atoms with E-state index >= 15 is 0 Å². The lowest BCUT2D eigenvalue weighted by Gasteiger charge is -2.07. The molecule has 0 unspecified atom stereocenters. The lowest BCUT2D eigenvalue weighted by Crippen LogP contribution is -1.96. The summed E-state index contributed by atoms with van der Waals surface area (Å²) in [6.07, 6.45) is 8.97. The van der Waals surface area contributed by atoms with Gasteiger partial charge in [0.2, 0.25) is 0 Å². The van der Waals surface area contributed by atoms with Crippen LogP contribution in [-0.4, -0.2) is 6.61 Å². The zero-order chi connectivity index (χ0) is 6.53. The molecule has 1 radical (unpaired) electrons. The maximum Gasteiger partial charge on any atom is 0.109 e. The number of allylic oxidation sites excluding steroid dienone is 2. The number of hydrogen-bond acceptors (Lipinski definition) is 1. The van der Waals surface area contributed by atoms with Crippen molar-refractivity contribution in [3.8, 4) is 0 Å². The lowest BCUT2D eigenvalue weighted by molar-refractivity contribution is 0.277. The molecule has 0 amide bonds. The average molecular weight is 123 g/mol. The van der Waals surface area contributed by atoms with Gasteiger partial charge in [-0.25, -0.2) is 0 Å². The van der Waals surface area contributed by atoms with Crippen molar-refractivity contribution in [2.75, 3.05) is 6.61 Å². The molecule has 0 saturated carbocycles. The Balaban J connectivity index is 2.38. The second kappa shape index (κ2) is 3.33. The van der Waals surface area contributed by atoms with E-state index in [9.17, 15) is 0 Å². The molecule has 1 heterocycles. The summed E-state index contributed by atoms with van der Waals surface area (Å²) in [6, 6.07) is 0. The Morgan fingerprint density at radius 3 is 3.22 bits per heavy atom. The van der Waals surface area contributed by atoms with Crippen LogP contribution in [-0.2, 0) is 4.74 Å². The molecule has 0 N–H and O–H groups in total. The third kappa shape index (κ3) is 1.92. The van der Waals surface area contributed by atoms with Crippen molar-refractivity contribution in [1.29, 1.82) is 0 Å². The molecule has 9 heavy (non-hydrogen) atoms. The average Bonchev–Trinajstić information content (AvgIpc) is 1.91. The van der Waals surface area contributed by atoms with Gasteiger partial charge in [-0.3, -0.25) is 0 Å². The van der Waals surface area contributed by atoms with Crippen LogP contribution in [0.3, 0.4) is 0 Å². The van der Waals surface area contributed by atoms with Gasteiger partial charge in [0, 0.05) is 0 Å². The highest BCUT2D eigenvalue weighted by atomic mass is 16.5. The highest BCUT2D eigenvalue weighted by molar-refractivity contribution is 5.21. The van der Waals surface area contributed by atoms with Gasteiger partial charge >= 0.3 is 0 Å². The fourth-order valence-corrected chi connectivity index (χ4v) is 0.800. The fourth-order valence-electron chi connectivity index (χ4n) is 0.800. The summed E-state index contributed by atoms with van der Waals surface area (Å²) in [5.41, 5.74) is 1.28. The van der Waals surface area contributed by atoms with Gasteiger partial charge in [0.05, 0.1) is 6.26 Å². The molecule has 1 nitrogen and oxygen atoms in total. The van der Waals surface area contributed by atoms with Crippen molar-refractivity contribution >= 4 is 0 Å². The lowest BCUT2D eigenvalue weighted by atomic mass is 10.1. The zero-order valence-electron chi connectivity index (χ0n) is 5.63. The van der Waals surface area contributed by atoms with E-state index in [4.69, 9.17) is 4.74 Å². The van der Waals surface area contributed by atoms with Crippen molar-refractivity contribution in [1.82, 2.24) is 0 Å². The third-order valence-corrected chi connectivity index (χ3v) is 1.20. The molecule has 0 aromatic rings. The maximum absolute atomic E-state index is 5.05. The van der Waals surface area contributed by atoms with E-state index in [2.05, 4.69) is 19.4 Å². The molecule has 0 fully saturated rings. The normalized spacial score (nSPS) is 16.8. The van der Waals surface area contributed by atoms with Gasteiger partial charge in [-0.05, 0) is 24.5 Å². The fraction of sp³-hybridized carbons (Fsp3) is 0.375. The molecule has 0 aromatic heterocycles. The molecule has 1 aliphatic rings. The quantitative estimate of drug-likeness (QED) is 0.546. The first-order valence-electron chi connectivity index (χ1n) is 3.24. The SMILES string of the molecule is CC[CH]C1=CC=COC1. The van der Waals surface area contributed by atoms with Gasteiger partial charge in [0.15, 0.2) is 0 Å². The van der Waals surface area contributed by atoms with Gasteiger partial charge in [0.1, 0.15) is 6.61 Å². The van der Waals surface area contributed by atoms with Gasteiger partial charge in [-0.15, -0.1) is 0 Å². The molecule has 0 aliphatic carbocycles. The first-order chi connectivity index (χ1) is 4.43. The highest BCUT2D eigenvalue weighted by Gasteiger charge is 1.96. The van der Waals surface area contributed by atoms with E-state index in [-0.39, 0.29) is 0 Å². The Morgan fingerprint density at radius 2 is 2.67 bits per heavy atom. The van der Waals surface area contributed by atoms with Crippen molar-refractivity contribution in [2.24, 2.45) is 0 Å². The standard InChI is InChI=1S/C8H11O/c1-2-4-8-5-3-6-9-7-8/h3-6H,2,7H2,1H3. The van der Waals surface area contributed by atoms with Crippen molar-refractivity contribution in [2.45, 2.75) is 13.3 Å². The minimum absolute atomic E-state index is 0.740. The Bertz CT molecular complexity index is 134. The van der Waals surface area contributed by atoms with Crippen LogP contribution < -0.4 is 0 Å². The van der Waals surface area contributed by atoms with Crippen LogP contribution in [0.2, 0.25) is 0 Å². The van der Waals surface area contributed by atoms with Gasteiger partial charge in [0.25, 0.3) is 0 Å². The highest BCUT2D eigenvalue weighted by Crippen LogP contribution is 2.07. The van der Waals surface area contributed by atoms with E-state index in [0.717, 1.165) is 13.0 Å². The van der Waals surface area contributed by atoms with Crippen LogP contribution in [0.1, 0.15) is 13.3 Å². The van der Waals surface area contributed by atoms with E-state index in [0.29, 0.717) is 0 Å². The maximum atomic E-state index is 5.05. The first kappa shape index (κ1) is 6.40. The summed E-state index contributed by atoms with van der Waals surface area (Å²) in [7, 11) is 0. The number of hydrogen-bond donors (Lipinski definition) is 0. The summed E-state index contributed by atoms with van der Waals surface area (Å²) < 4.78 is 5.05. The van der Waals surface area contributed by atoms with E-state index in [1.165, 1.54) is 5.57 Å². The summed E-state index contributed by atoms with van der Waals surface area (Å²) >= 11 is 0. The molecular weight excluding hydrogens is 112 g/mol. The Labute approximate surface area is 56.0 Å².